The zero-order valence-corrected chi connectivity index (χ0v) is 15.5. The number of carbonyl (C=O) groups excluding carboxylic acids is 1. The van der Waals surface area contributed by atoms with Gasteiger partial charge >= 0.3 is 5.91 Å². The van der Waals surface area contributed by atoms with E-state index in [-0.39, 0.29) is 11.1 Å². The maximum absolute atomic E-state index is 14.3. The fourth-order valence-electron chi connectivity index (χ4n) is 2.95. The van der Waals surface area contributed by atoms with Crippen LogP contribution in [0.15, 0.2) is 51.8 Å². The number of nitrogens with one attached hydrogen (secondary N) is 1. The lowest BCUT2D eigenvalue weighted by molar-refractivity contribution is 0.0956. The quantitative estimate of drug-likeness (QED) is 0.640. The highest BCUT2D eigenvalue weighted by atomic mass is 32.2. The van der Waals surface area contributed by atoms with Crippen LogP contribution < -0.4 is 9.46 Å². The topological polar surface area (TPSA) is 74.5 Å². The van der Waals surface area contributed by atoms with Crippen molar-refractivity contribution < 1.29 is 22.9 Å². The van der Waals surface area contributed by atoms with Gasteiger partial charge in [-0.15, -0.1) is 0 Å². The Morgan fingerprint density at radius 3 is 2.85 bits per heavy atom. The minimum Gasteiger partial charge on any atom is -0.588 e. The second kappa shape index (κ2) is 7.25. The fraction of sp³-hybridized carbons (Fsp3) is 0.250. The summed E-state index contributed by atoms with van der Waals surface area (Å²) in [5.41, 5.74) is 1.21. The summed E-state index contributed by atoms with van der Waals surface area (Å²) in [6.45, 7) is 2.23. The number of ether oxygens (including phenoxy) is 1. The van der Waals surface area contributed by atoms with Crippen molar-refractivity contribution in [1.82, 2.24) is 4.72 Å². The number of amides is 1. The van der Waals surface area contributed by atoms with Crippen molar-refractivity contribution in [2.45, 2.75) is 30.6 Å². The Bertz CT molecular complexity index is 999. The third-order valence-electron chi connectivity index (χ3n) is 4.42. The third-order valence-corrected chi connectivity index (χ3v) is 5.52. The van der Waals surface area contributed by atoms with Gasteiger partial charge in [0.25, 0.3) is 0 Å². The number of hydrogen-bond donors (Lipinski definition) is 1. The van der Waals surface area contributed by atoms with Gasteiger partial charge in [-0.3, -0.25) is 4.79 Å². The Kier molecular flexibility index (Phi) is 4.80. The molecule has 27 heavy (non-hydrogen) atoms. The van der Waals surface area contributed by atoms with Crippen molar-refractivity contribution in [2.24, 2.45) is 0 Å². The zero-order valence-electron chi connectivity index (χ0n) is 14.7. The van der Waals surface area contributed by atoms with Crippen molar-refractivity contribution in [3.63, 3.8) is 0 Å². The molecule has 3 aromatic rings. The van der Waals surface area contributed by atoms with Gasteiger partial charge in [0, 0.05) is 6.07 Å². The van der Waals surface area contributed by atoms with Crippen molar-refractivity contribution in [3.05, 3.63) is 59.6 Å². The Hall–Kier alpha value is -2.51. The summed E-state index contributed by atoms with van der Waals surface area (Å²) >= 11 is -1.83. The number of benzene rings is 2. The average Bonchev–Trinajstić information content (AvgIpc) is 3.41. The van der Waals surface area contributed by atoms with E-state index in [0.29, 0.717) is 28.8 Å². The summed E-state index contributed by atoms with van der Waals surface area (Å²) in [6, 6.07) is 11.4. The molecule has 1 N–H and O–H groups in total. The highest BCUT2D eigenvalue weighted by Crippen LogP contribution is 2.41. The molecule has 0 saturated heterocycles. The van der Waals surface area contributed by atoms with Crippen LogP contribution in [0, 0.1) is 5.82 Å². The standard InChI is InChI=1S/C20H18FNO4S/c1-2-25-16-5-3-4-6-19(16)27(24)22-20(23)18-11-14-15(21)9-13(12-7-8-12)10-17(14)26-18/h3-6,9-12H,2,7-8H2,1H3,(H,22,23). The minimum atomic E-state index is -1.83. The lowest BCUT2D eigenvalue weighted by Gasteiger charge is -2.12. The van der Waals surface area contributed by atoms with Gasteiger partial charge in [0.05, 0.1) is 12.0 Å². The normalized spacial score (nSPS) is 14.9. The van der Waals surface area contributed by atoms with E-state index in [1.807, 2.05) is 6.92 Å². The molecule has 4 rings (SSSR count). The lowest BCUT2D eigenvalue weighted by atomic mass is 10.1. The van der Waals surface area contributed by atoms with Gasteiger partial charge in [0.15, 0.2) is 11.5 Å². The first kappa shape index (κ1) is 17.9. The summed E-state index contributed by atoms with van der Waals surface area (Å²) in [7, 11) is 0. The SMILES string of the molecule is CCOc1ccccc1[S+]([O-])NC(=O)c1cc2c(F)cc(C3CC3)cc2o1. The molecule has 5 nitrogen and oxygen atoms in total. The average molecular weight is 387 g/mol. The van der Waals surface area contributed by atoms with E-state index < -0.39 is 23.1 Å². The summed E-state index contributed by atoms with van der Waals surface area (Å²) in [5, 5.41) is 0.241. The Labute approximate surface area is 158 Å². The second-order valence-corrected chi connectivity index (χ2v) is 7.56. The van der Waals surface area contributed by atoms with Crippen molar-refractivity contribution >= 4 is 28.2 Å². The molecule has 0 aliphatic heterocycles. The van der Waals surface area contributed by atoms with Crippen LogP contribution in [0.5, 0.6) is 5.75 Å². The molecule has 0 bridgehead atoms. The maximum atomic E-state index is 14.3. The van der Waals surface area contributed by atoms with Gasteiger partial charge in [0.1, 0.15) is 22.8 Å². The summed E-state index contributed by atoms with van der Waals surface area (Å²) in [6.07, 6.45) is 2.08. The lowest BCUT2D eigenvalue weighted by Crippen LogP contribution is -2.30. The molecule has 1 amide bonds. The summed E-state index contributed by atoms with van der Waals surface area (Å²) in [4.78, 5) is 12.8. The molecular formula is C20H18FNO4S. The molecule has 1 atom stereocenters. The van der Waals surface area contributed by atoms with Crippen LogP contribution in [0.1, 0.15) is 41.8 Å². The number of carbonyl (C=O) groups is 1. The van der Waals surface area contributed by atoms with Crippen molar-refractivity contribution in [3.8, 4) is 5.75 Å². The molecule has 0 radical (unpaired) electrons. The third kappa shape index (κ3) is 3.65. The van der Waals surface area contributed by atoms with E-state index in [4.69, 9.17) is 9.15 Å². The molecule has 1 aromatic heterocycles. The van der Waals surface area contributed by atoms with Gasteiger partial charge in [-0.2, -0.15) is 4.72 Å². The van der Waals surface area contributed by atoms with Gasteiger partial charge in [-0.25, -0.2) is 4.39 Å². The molecule has 1 unspecified atom stereocenters. The van der Waals surface area contributed by atoms with Gasteiger partial charge in [-0.1, -0.05) is 12.1 Å². The Morgan fingerprint density at radius 2 is 2.11 bits per heavy atom. The summed E-state index contributed by atoms with van der Waals surface area (Å²) in [5.74, 6) is -0.375. The molecule has 1 fully saturated rings. The van der Waals surface area contributed by atoms with Crippen LogP contribution in [-0.2, 0) is 11.4 Å². The molecule has 0 spiro atoms. The van der Waals surface area contributed by atoms with Gasteiger partial charge < -0.3 is 13.7 Å². The van der Waals surface area contributed by atoms with Crippen LogP contribution >= 0.6 is 0 Å². The van der Waals surface area contributed by atoms with Gasteiger partial charge in [-0.05, 0) is 55.5 Å². The minimum absolute atomic E-state index is 0.0842. The highest BCUT2D eigenvalue weighted by molar-refractivity contribution is 7.90. The number of para-hydroxylation sites is 1. The fourth-order valence-corrected chi connectivity index (χ4v) is 3.84. The Balaban J connectivity index is 1.57. The largest absolute Gasteiger partial charge is 0.588 e. The molecule has 1 aliphatic rings. The molecule has 1 heterocycles. The summed E-state index contributed by atoms with van der Waals surface area (Å²) < 4.78 is 40.2. The highest BCUT2D eigenvalue weighted by Gasteiger charge is 2.27. The molecule has 1 saturated carbocycles. The van der Waals surface area contributed by atoms with Gasteiger partial charge in [0.2, 0.25) is 4.90 Å². The predicted octanol–water partition coefficient (Wildman–Crippen LogP) is 4.30. The second-order valence-electron chi connectivity index (χ2n) is 6.38. The molecule has 2 aromatic carbocycles. The van der Waals surface area contributed by atoms with E-state index in [1.165, 1.54) is 12.1 Å². The number of furan rings is 1. The number of fused-ring (bicyclic) bond motifs is 1. The first-order chi connectivity index (χ1) is 13.1. The van der Waals surface area contributed by atoms with Crippen LogP contribution in [-0.4, -0.2) is 17.1 Å². The zero-order chi connectivity index (χ0) is 19.0. The van der Waals surface area contributed by atoms with Crippen LogP contribution in [0.2, 0.25) is 0 Å². The van der Waals surface area contributed by atoms with Crippen LogP contribution in [0.4, 0.5) is 4.39 Å². The van der Waals surface area contributed by atoms with E-state index in [0.717, 1.165) is 18.4 Å². The van der Waals surface area contributed by atoms with Crippen molar-refractivity contribution in [1.29, 1.82) is 0 Å². The first-order valence-electron chi connectivity index (χ1n) is 8.74. The predicted molar refractivity (Wildman–Crippen MR) is 99.6 cm³/mol. The monoisotopic (exact) mass is 387 g/mol. The first-order valence-corrected chi connectivity index (χ1v) is 9.89. The molecule has 140 valence electrons. The number of hydrogen-bond acceptors (Lipinski definition) is 4. The smallest absolute Gasteiger partial charge is 0.328 e. The molecular weight excluding hydrogens is 369 g/mol. The van der Waals surface area contributed by atoms with E-state index in [1.54, 1.807) is 30.3 Å². The van der Waals surface area contributed by atoms with E-state index >= 15 is 0 Å². The van der Waals surface area contributed by atoms with Crippen molar-refractivity contribution in [2.75, 3.05) is 6.61 Å². The van der Waals surface area contributed by atoms with E-state index in [9.17, 15) is 13.7 Å². The van der Waals surface area contributed by atoms with Crippen LogP contribution in [0.3, 0.4) is 0 Å². The van der Waals surface area contributed by atoms with Crippen LogP contribution in [0.25, 0.3) is 11.0 Å². The molecule has 1 aliphatic carbocycles. The van der Waals surface area contributed by atoms with E-state index in [2.05, 4.69) is 4.72 Å². The number of halogens is 1. The maximum Gasteiger partial charge on any atom is 0.328 e. The Morgan fingerprint density at radius 1 is 1.33 bits per heavy atom. The number of rotatable bonds is 6. The molecule has 7 heteroatoms.